The van der Waals surface area contributed by atoms with E-state index in [1.54, 1.807) is 0 Å². The lowest BCUT2D eigenvalue weighted by atomic mass is 9.96. The molecule has 5 nitrogen and oxygen atoms in total. The second-order valence-electron chi connectivity index (χ2n) is 6.00. The molecule has 0 saturated heterocycles. The standard InChI is InChI=1S/C13H21N3O2/c1-13(2,3)12-14-10(18-15-12)7-8-11(17)16(4)9-5-6-9/h9H,5-8H2,1-4H3. The van der Waals surface area contributed by atoms with Crippen LogP contribution in [0.2, 0.25) is 0 Å². The molecule has 0 unspecified atom stereocenters. The highest BCUT2D eigenvalue weighted by Crippen LogP contribution is 2.26. The van der Waals surface area contributed by atoms with Gasteiger partial charge in [-0.3, -0.25) is 4.79 Å². The van der Waals surface area contributed by atoms with Gasteiger partial charge < -0.3 is 9.42 Å². The lowest BCUT2D eigenvalue weighted by molar-refractivity contribution is -0.130. The van der Waals surface area contributed by atoms with Crippen molar-refractivity contribution in [2.45, 2.75) is 57.9 Å². The molecule has 100 valence electrons. The predicted octanol–water partition coefficient (Wildman–Crippen LogP) is 1.92. The second kappa shape index (κ2) is 4.71. The minimum atomic E-state index is -0.115. The van der Waals surface area contributed by atoms with E-state index in [2.05, 4.69) is 10.1 Å². The Bertz CT molecular complexity index is 430. The number of aromatic nitrogens is 2. The lowest BCUT2D eigenvalue weighted by Crippen LogP contribution is -2.28. The van der Waals surface area contributed by atoms with Gasteiger partial charge in [-0.05, 0) is 12.8 Å². The van der Waals surface area contributed by atoms with Gasteiger partial charge in [0, 0.05) is 31.3 Å². The van der Waals surface area contributed by atoms with Crippen LogP contribution in [0.4, 0.5) is 0 Å². The number of nitrogens with zero attached hydrogens (tertiary/aromatic N) is 3. The Morgan fingerprint density at radius 3 is 2.61 bits per heavy atom. The van der Waals surface area contributed by atoms with Crippen molar-refractivity contribution in [3.05, 3.63) is 11.7 Å². The Hall–Kier alpha value is -1.39. The van der Waals surface area contributed by atoms with Gasteiger partial charge in [0.25, 0.3) is 0 Å². The Morgan fingerprint density at radius 1 is 1.44 bits per heavy atom. The highest BCUT2D eigenvalue weighted by Gasteiger charge is 2.29. The predicted molar refractivity (Wildman–Crippen MR) is 67.1 cm³/mol. The summed E-state index contributed by atoms with van der Waals surface area (Å²) >= 11 is 0. The zero-order valence-corrected chi connectivity index (χ0v) is 11.6. The molecule has 0 radical (unpaired) electrons. The van der Waals surface area contributed by atoms with E-state index in [-0.39, 0.29) is 11.3 Å². The molecule has 0 aliphatic heterocycles. The molecule has 18 heavy (non-hydrogen) atoms. The summed E-state index contributed by atoms with van der Waals surface area (Å²) in [7, 11) is 1.87. The van der Waals surface area contributed by atoms with E-state index in [1.165, 1.54) is 0 Å². The molecule has 0 bridgehead atoms. The molecule has 1 aromatic rings. The Morgan fingerprint density at radius 2 is 2.11 bits per heavy atom. The fourth-order valence-electron chi connectivity index (χ4n) is 1.72. The molecule has 0 spiro atoms. The average Bonchev–Trinajstić information content (AvgIpc) is 3.02. The van der Waals surface area contributed by atoms with Gasteiger partial charge in [-0.2, -0.15) is 4.98 Å². The maximum absolute atomic E-state index is 11.8. The van der Waals surface area contributed by atoms with Crippen LogP contribution in [0.15, 0.2) is 4.52 Å². The van der Waals surface area contributed by atoms with Crippen molar-refractivity contribution >= 4 is 5.91 Å². The normalized spacial score (nSPS) is 15.8. The van der Waals surface area contributed by atoms with E-state index in [1.807, 2.05) is 32.7 Å². The maximum Gasteiger partial charge on any atom is 0.227 e. The maximum atomic E-state index is 11.8. The molecule has 1 amide bonds. The molecule has 0 atom stereocenters. The van der Waals surface area contributed by atoms with E-state index in [0.717, 1.165) is 12.8 Å². The molecule has 1 saturated carbocycles. The number of carbonyl (C=O) groups excluding carboxylic acids is 1. The number of amides is 1. The molecular weight excluding hydrogens is 230 g/mol. The molecule has 1 aliphatic rings. The van der Waals surface area contributed by atoms with Crippen molar-refractivity contribution in [1.29, 1.82) is 0 Å². The number of hydrogen-bond acceptors (Lipinski definition) is 4. The molecule has 1 aliphatic carbocycles. The van der Waals surface area contributed by atoms with Crippen LogP contribution in [0.1, 0.15) is 51.7 Å². The van der Waals surface area contributed by atoms with Gasteiger partial charge in [0.1, 0.15) is 0 Å². The first-order chi connectivity index (χ1) is 8.38. The first kappa shape index (κ1) is 13.1. The molecule has 2 rings (SSSR count). The third-order valence-corrected chi connectivity index (χ3v) is 3.18. The summed E-state index contributed by atoms with van der Waals surface area (Å²) in [5.74, 6) is 1.41. The van der Waals surface area contributed by atoms with Crippen molar-refractivity contribution < 1.29 is 9.32 Å². The lowest BCUT2D eigenvalue weighted by Gasteiger charge is -2.15. The van der Waals surface area contributed by atoms with Gasteiger partial charge in [-0.1, -0.05) is 25.9 Å². The van der Waals surface area contributed by atoms with Crippen molar-refractivity contribution in [1.82, 2.24) is 15.0 Å². The smallest absolute Gasteiger partial charge is 0.227 e. The van der Waals surface area contributed by atoms with E-state index >= 15 is 0 Å². The highest BCUT2D eigenvalue weighted by molar-refractivity contribution is 5.76. The monoisotopic (exact) mass is 251 g/mol. The molecule has 1 aromatic heterocycles. The Balaban J connectivity index is 1.86. The fourth-order valence-corrected chi connectivity index (χ4v) is 1.72. The number of hydrogen-bond donors (Lipinski definition) is 0. The summed E-state index contributed by atoms with van der Waals surface area (Å²) in [6, 6.07) is 0.463. The molecule has 0 N–H and O–H groups in total. The number of aryl methyl sites for hydroxylation is 1. The SMILES string of the molecule is CN(C(=O)CCc1nc(C(C)(C)C)no1)C1CC1. The average molecular weight is 251 g/mol. The van der Waals surface area contributed by atoms with Crippen LogP contribution in [0.3, 0.4) is 0 Å². The van der Waals surface area contributed by atoms with Gasteiger partial charge in [0.05, 0.1) is 0 Å². The van der Waals surface area contributed by atoms with Gasteiger partial charge >= 0.3 is 0 Å². The fraction of sp³-hybridized carbons (Fsp3) is 0.769. The third-order valence-electron chi connectivity index (χ3n) is 3.18. The first-order valence-electron chi connectivity index (χ1n) is 6.46. The van der Waals surface area contributed by atoms with E-state index in [0.29, 0.717) is 30.6 Å². The van der Waals surface area contributed by atoms with Crippen LogP contribution in [0.25, 0.3) is 0 Å². The zero-order chi connectivity index (χ0) is 13.3. The summed E-state index contributed by atoms with van der Waals surface area (Å²) in [5.41, 5.74) is -0.115. The first-order valence-corrected chi connectivity index (χ1v) is 6.46. The summed E-state index contributed by atoms with van der Waals surface area (Å²) in [6.45, 7) is 6.11. The highest BCUT2D eigenvalue weighted by atomic mass is 16.5. The molecule has 5 heteroatoms. The summed E-state index contributed by atoms with van der Waals surface area (Å²) < 4.78 is 5.17. The second-order valence-corrected chi connectivity index (χ2v) is 6.00. The molecule has 1 heterocycles. The zero-order valence-electron chi connectivity index (χ0n) is 11.6. The molecule has 1 fully saturated rings. The summed E-state index contributed by atoms with van der Waals surface area (Å²) in [4.78, 5) is 18.0. The summed E-state index contributed by atoms with van der Waals surface area (Å²) in [6.07, 6.45) is 3.24. The van der Waals surface area contributed by atoms with Crippen LogP contribution in [-0.4, -0.2) is 34.0 Å². The minimum absolute atomic E-state index is 0.115. The van der Waals surface area contributed by atoms with Crippen LogP contribution >= 0.6 is 0 Å². The third kappa shape index (κ3) is 3.09. The van der Waals surface area contributed by atoms with Gasteiger partial charge in [-0.15, -0.1) is 0 Å². The van der Waals surface area contributed by atoms with Gasteiger partial charge in [-0.25, -0.2) is 0 Å². The van der Waals surface area contributed by atoms with Crippen molar-refractivity contribution in [3.8, 4) is 0 Å². The Labute approximate surface area is 108 Å². The number of carbonyl (C=O) groups is 1. The van der Waals surface area contributed by atoms with Crippen LogP contribution < -0.4 is 0 Å². The van der Waals surface area contributed by atoms with Gasteiger partial charge in [0.15, 0.2) is 5.82 Å². The van der Waals surface area contributed by atoms with E-state index in [4.69, 9.17) is 4.52 Å². The molecular formula is C13H21N3O2. The van der Waals surface area contributed by atoms with Crippen molar-refractivity contribution in [2.24, 2.45) is 0 Å². The van der Waals surface area contributed by atoms with Crippen molar-refractivity contribution in [2.75, 3.05) is 7.05 Å². The summed E-state index contributed by atoms with van der Waals surface area (Å²) in [5, 5.41) is 3.95. The van der Waals surface area contributed by atoms with Gasteiger partial charge in [0.2, 0.25) is 11.8 Å². The van der Waals surface area contributed by atoms with Crippen LogP contribution in [0, 0.1) is 0 Å². The largest absolute Gasteiger partial charge is 0.343 e. The van der Waals surface area contributed by atoms with Crippen molar-refractivity contribution in [3.63, 3.8) is 0 Å². The topological polar surface area (TPSA) is 59.2 Å². The quantitative estimate of drug-likeness (QED) is 0.820. The minimum Gasteiger partial charge on any atom is -0.343 e. The van der Waals surface area contributed by atoms with E-state index in [9.17, 15) is 4.79 Å². The van der Waals surface area contributed by atoms with E-state index < -0.39 is 0 Å². The number of rotatable bonds is 4. The molecule has 0 aromatic carbocycles. The Kier molecular flexibility index (Phi) is 3.41. The van der Waals surface area contributed by atoms with Crippen LogP contribution in [-0.2, 0) is 16.6 Å². The van der Waals surface area contributed by atoms with Crippen LogP contribution in [0.5, 0.6) is 0 Å².